The highest BCUT2D eigenvalue weighted by Gasteiger charge is 2.38. The Balaban J connectivity index is 2.47. The molecule has 2 N–H and O–H groups in total. The maximum absolute atomic E-state index is 12.3. The van der Waals surface area contributed by atoms with Gasteiger partial charge >= 0.3 is 12.0 Å². The highest BCUT2D eigenvalue weighted by Crippen LogP contribution is 2.31. The van der Waals surface area contributed by atoms with E-state index in [1.165, 1.54) is 0 Å². The molecule has 0 aromatic heterocycles. The van der Waals surface area contributed by atoms with Crippen LogP contribution in [0.5, 0.6) is 0 Å². The van der Waals surface area contributed by atoms with Crippen molar-refractivity contribution in [3.8, 4) is 0 Å². The third-order valence-electron chi connectivity index (χ3n) is 4.54. The molecule has 0 aliphatic carbocycles. The van der Waals surface area contributed by atoms with Gasteiger partial charge < -0.3 is 15.3 Å². The quantitative estimate of drug-likeness (QED) is 0.758. The number of hydrogen-bond acceptors (Lipinski definition) is 2. The minimum atomic E-state index is -0.755. The lowest BCUT2D eigenvalue weighted by Gasteiger charge is -2.37. The number of carbonyl (C=O) groups is 2. The second-order valence-electron chi connectivity index (χ2n) is 6.43. The third kappa shape index (κ3) is 5.21. The number of carboxylic acids is 1. The Hall–Kier alpha value is -1.26. The summed E-state index contributed by atoms with van der Waals surface area (Å²) in [6.07, 6.45) is 6.42. The van der Waals surface area contributed by atoms with Gasteiger partial charge in [-0.3, -0.25) is 4.79 Å². The number of hydrogen-bond donors (Lipinski definition) is 2. The van der Waals surface area contributed by atoms with E-state index in [0.717, 1.165) is 32.1 Å². The number of rotatable bonds is 7. The molecule has 1 heterocycles. The summed E-state index contributed by atoms with van der Waals surface area (Å²) in [4.78, 5) is 25.3. The van der Waals surface area contributed by atoms with Crippen molar-refractivity contribution in [3.05, 3.63) is 0 Å². The molecule has 0 saturated carbocycles. The van der Waals surface area contributed by atoms with Gasteiger partial charge in [0.05, 0.1) is 5.41 Å². The topological polar surface area (TPSA) is 69.6 Å². The lowest BCUT2D eigenvalue weighted by molar-refractivity contribution is -0.150. The SMILES string of the molecule is CCCCC(CCC)NC(=O)N1CCC(C)(C(=O)O)CC1. The average molecular weight is 298 g/mol. The zero-order valence-electron chi connectivity index (χ0n) is 13.7. The molecule has 1 fully saturated rings. The Morgan fingerprint density at radius 2 is 1.81 bits per heavy atom. The molecule has 5 nitrogen and oxygen atoms in total. The Morgan fingerprint density at radius 1 is 1.19 bits per heavy atom. The molecular formula is C16H30N2O3. The summed E-state index contributed by atoms with van der Waals surface area (Å²) in [7, 11) is 0. The number of aliphatic carboxylic acids is 1. The zero-order valence-corrected chi connectivity index (χ0v) is 13.7. The molecule has 0 bridgehead atoms. The number of nitrogens with zero attached hydrogens (tertiary/aromatic N) is 1. The van der Waals surface area contributed by atoms with Gasteiger partial charge in [-0.05, 0) is 32.6 Å². The maximum atomic E-state index is 12.3. The lowest BCUT2D eigenvalue weighted by atomic mass is 9.80. The van der Waals surface area contributed by atoms with Crippen LogP contribution in [0.3, 0.4) is 0 Å². The van der Waals surface area contributed by atoms with Crippen LogP contribution in [0.4, 0.5) is 4.79 Å². The predicted molar refractivity (Wildman–Crippen MR) is 83.3 cm³/mol. The van der Waals surface area contributed by atoms with E-state index in [9.17, 15) is 14.7 Å². The third-order valence-corrected chi connectivity index (χ3v) is 4.54. The van der Waals surface area contributed by atoms with E-state index in [1.807, 2.05) is 0 Å². The number of unbranched alkanes of at least 4 members (excludes halogenated alkanes) is 1. The van der Waals surface area contributed by atoms with Crippen LogP contribution in [0.25, 0.3) is 0 Å². The van der Waals surface area contributed by atoms with Gasteiger partial charge in [0.25, 0.3) is 0 Å². The van der Waals surface area contributed by atoms with Gasteiger partial charge in [0.2, 0.25) is 0 Å². The molecule has 5 heteroatoms. The van der Waals surface area contributed by atoms with Crippen LogP contribution in [-0.4, -0.2) is 41.1 Å². The Labute approximate surface area is 128 Å². The molecule has 1 unspecified atom stereocenters. The minimum absolute atomic E-state index is 0.0306. The molecule has 1 aliphatic heterocycles. The summed E-state index contributed by atoms with van der Waals surface area (Å²) in [5.74, 6) is -0.755. The first kappa shape index (κ1) is 17.8. The summed E-state index contributed by atoms with van der Waals surface area (Å²) >= 11 is 0. The highest BCUT2D eigenvalue weighted by atomic mass is 16.4. The number of carboxylic acid groups (broad SMARTS) is 1. The fraction of sp³-hybridized carbons (Fsp3) is 0.875. The lowest BCUT2D eigenvalue weighted by Crippen LogP contribution is -2.50. The molecule has 1 saturated heterocycles. The highest BCUT2D eigenvalue weighted by molar-refractivity contribution is 5.77. The Kier molecular flexibility index (Phi) is 6.99. The monoisotopic (exact) mass is 298 g/mol. The minimum Gasteiger partial charge on any atom is -0.481 e. The number of amides is 2. The van der Waals surface area contributed by atoms with E-state index in [4.69, 9.17) is 0 Å². The molecule has 21 heavy (non-hydrogen) atoms. The van der Waals surface area contributed by atoms with Crippen molar-refractivity contribution >= 4 is 12.0 Å². The van der Waals surface area contributed by atoms with Gasteiger partial charge in [-0.2, -0.15) is 0 Å². The van der Waals surface area contributed by atoms with Crippen molar-refractivity contribution in [2.75, 3.05) is 13.1 Å². The van der Waals surface area contributed by atoms with Crippen LogP contribution >= 0.6 is 0 Å². The second kappa shape index (κ2) is 8.25. The average Bonchev–Trinajstić information content (AvgIpc) is 2.45. The zero-order chi connectivity index (χ0) is 15.9. The van der Waals surface area contributed by atoms with Crippen molar-refractivity contribution in [3.63, 3.8) is 0 Å². The van der Waals surface area contributed by atoms with E-state index in [2.05, 4.69) is 19.2 Å². The normalized spacial score (nSPS) is 19.1. The first-order valence-electron chi connectivity index (χ1n) is 8.21. The largest absolute Gasteiger partial charge is 0.481 e. The van der Waals surface area contributed by atoms with Crippen molar-refractivity contribution in [1.82, 2.24) is 10.2 Å². The van der Waals surface area contributed by atoms with Crippen LogP contribution in [0.2, 0.25) is 0 Å². The van der Waals surface area contributed by atoms with Crippen molar-refractivity contribution in [1.29, 1.82) is 0 Å². The Bertz CT molecular complexity index is 349. The van der Waals surface area contributed by atoms with E-state index in [0.29, 0.717) is 25.9 Å². The van der Waals surface area contributed by atoms with Gasteiger partial charge in [0.15, 0.2) is 0 Å². The fourth-order valence-corrected chi connectivity index (χ4v) is 2.77. The van der Waals surface area contributed by atoms with Crippen LogP contribution in [0.1, 0.15) is 65.7 Å². The molecule has 1 rings (SSSR count). The summed E-state index contributed by atoms with van der Waals surface area (Å²) in [5, 5.41) is 12.3. The van der Waals surface area contributed by atoms with E-state index in [1.54, 1.807) is 11.8 Å². The predicted octanol–water partition coefficient (Wildman–Crippen LogP) is 3.24. The molecule has 0 radical (unpaired) electrons. The Morgan fingerprint density at radius 3 is 2.29 bits per heavy atom. The molecule has 1 aliphatic rings. The molecule has 1 atom stereocenters. The smallest absolute Gasteiger partial charge is 0.317 e. The van der Waals surface area contributed by atoms with E-state index in [-0.39, 0.29) is 12.1 Å². The van der Waals surface area contributed by atoms with Crippen LogP contribution in [0, 0.1) is 5.41 Å². The molecular weight excluding hydrogens is 268 g/mol. The number of likely N-dealkylation sites (tertiary alicyclic amines) is 1. The van der Waals surface area contributed by atoms with Crippen molar-refractivity contribution < 1.29 is 14.7 Å². The summed E-state index contributed by atoms with van der Waals surface area (Å²) in [6.45, 7) is 7.11. The number of urea groups is 1. The summed E-state index contributed by atoms with van der Waals surface area (Å²) in [6, 6.07) is 0.215. The van der Waals surface area contributed by atoms with E-state index >= 15 is 0 Å². The van der Waals surface area contributed by atoms with Gasteiger partial charge in [-0.25, -0.2) is 4.79 Å². The van der Waals surface area contributed by atoms with Gasteiger partial charge in [-0.1, -0.05) is 33.1 Å². The second-order valence-corrected chi connectivity index (χ2v) is 6.43. The summed E-state index contributed by atoms with van der Waals surface area (Å²) < 4.78 is 0. The van der Waals surface area contributed by atoms with Crippen molar-refractivity contribution in [2.45, 2.75) is 71.8 Å². The van der Waals surface area contributed by atoms with E-state index < -0.39 is 11.4 Å². The van der Waals surface area contributed by atoms with Crippen molar-refractivity contribution in [2.24, 2.45) is 5.41 Å². The van der Waals surface area contributed by atoms with Gasteiger partial charge in [0, 0.05) is 19.1 Å². The molecule has 122 valence electrons. The van der Waals surface area contributed by atoms with Gasteiger partial charge in [0.1, 0.15) is 0 Å². The molecule has 0 aromatic rings. The van der Waals surface area contributed by atoms with Crippen LogP contribution in [-0.2, 0) is 4.79 Å². The number of nitrogens with one attached hydrogen (secondary N) is 1. The summed E-state index contributed by atoms with van der Waals surface area (Å²) in [5.41, 5.74) is -0.679. The number of carbonyl (C=O) groups excluding carboxylic acids is 1. The number of piperidine rings is 1. The van der Waals surface area contributed by atoms with Crippen LogP contribution in [0.15, 0.2) is 0 Å². The molecule has 0 spiro atoms. The first-order valence-corrected chi connectivity index (χ1v) is 8.21. The molecule has 0 aromatic carbocycles. The van der Waals surface area contributed by atoms with Crippen LogP contribution < -0.4 is 5.32 Å². The molecule has 2 amide bonds. The maximum Gasteiger partial charge on any atom is 0.317 e. The first-order chi connectivity index (χ1) is 9.92. The fourth-order valence-electron chi connectivity index (χ4n) is 2.77. The van der Waals surface area contributed by atoms with Gasteiger partial charge in [-0.15, -0.1) is 0 Å². The standard InChI is InChI=1S/C16H30N2O3/c1-4-6-8-13(7-5-2)17-15(21)18-11-9-16(3,10-12-18)14(19)20/h13H,4-12H2,1-3H3,(H,17,21)(H,19,20).